The van der Waals surface area contributed by atoms with Crippen molar-refractivity contribution >= 4 is 11.8 Å². The van der Waals surface area contributed by atoms with Crippen molar-refractivity contribution in [3.63, 3.8) is 0 Å². The summed E-state index contributed by atoms with van der Waals surface area (Å²) in [7, 11) is 0. The molecule has 4 aliphatic carbocycles. The summed E-state index contributed by atoms with van der Waals surface area (Å²) in [5.41, 5.74) is 0.201. The minimum absolute atomic E-state index is 0.0690. The summed E-state index contributed by atoms with van der Waals surface area (Å²) in [4.78, 5) is 23.5. The molecule has 2 amide bonds. The highest BCUT2D eigenvalue weighted by Crippen LogP contribution is 2.55. The molecule has 3 N–H and O–H groups in total. The van der Waals surface area contributed by atoms with Crippen molar-refractivity contribution in [2.24, 2.45) is 17.8 Å². The Kier molecular flexibility index (Phi) is 4.44. The molecule has 22 heavy (non-hydrogen) atoms. The third kappa shape index (κ3) is 3.62. The molecule has 0 aliphatic heterocycles. The first-order chi connectivity index (χ1) is 10.4. The van der Waals surface area contributed by atoms with Crippen LogP contribution in [0.25, 0.3) is 0 Å². The van der Waals surface area contributed by atoms with Crippen molar-refractivity contribution < 1.29 is 9.59 Å². The molecule has 0 aromatic rings. The molecule has 0 unspecified atom stereocenters. The molecule has 0 aromatic heterocycles. The molecule has 4 aliphatic rings. The van der Waals surface area contributed by atoms with E-state index in [2.05, 4.69) is 16.0 Å². The van der Waals surface area contributed by atoms with Crippen LogP contribution in [0.3, 0.4) is 0 Å². The predicted octanol–water partition coefficient (Wildman–Crippen LogP) is 1.19. The first-order valence-electron chi connectivity index (χ1n) is 8.75. The Bertz CT molecular complexity index is 412. The van der Waals surface area contributed by atoms with Gasteiger partial charge in [0.2, 0.25) is 11.8 Å². The Hall–Kier alpha value is -1.10. The molecule has 0 radical (unpaired) electrons. The molecule has 4 saturated carbocycles. The molecule has 0 saturated heterocycles. The van der Waals surface area contributed by atoms with Gasteiger partial charge in [-0.1, -0.05) is 0 Å². The van der Waals surface area contributed by atoms with Crippen LogP contribution in [0.4, 0.5) is 0 Å². The summed E-state index contributed by atoms with van der Waals surface area (Å²) in [6.07, 6.45) is 7.92. The van der Waals surface area contributed by atoms with E-state index < -0.39 is 0 Å². The summed E-state index contributed by atoms with van der Waals surface area (Å²) in [6.45, 7) is 4.23. The molecule has 0 heterocycles. The number of nitrogens with one attached hydrogen (secondary N) is 3. The number of carbonyl (C=O) groups excluding carboxylic acids is 2. The normalized spacial score (nSPS) is 35.7. The van der Waals surface area contributed by atoms with Crippen molar-refractivity contribution in [3.05, 3.63) is 0 Å². The topological polar surface area (TPSA) is 70.2 Å². The largest absolute Gasteiger partial charge is 0.352 e. The van der Waals surface area contributed by atoms with Gasteiger partial charge in [-0.25, -0.2) is 0 Å². The summed E-state index contributed by atoms with van der Waals surface area (Å²) in [5.74, 6) is 2.42. The standard InChI is InChI=1S/C17H29N3O2/c1-11(2)20-16(22)9-18-15(21)10-19-17-6-12-3-13(7-17)5-14(4-12)8-17/h11-14,19H,3-10H2,1-2H3,(H,18,21)(H,20,22). The number of carbonyl (C=O) groups is 2. The monoisotopic (exact) mass is 307 g/mol. The Balaban J connectivity index is 1.42. The van der Waals surface area contributed by atoms with Gasteiger partial charge in [-0.3, -0.25) is 9.59 Å². The van der Waals surface area contributed by atoms with Crippen LogP contribution < -0.4 is 16.0 Å². The second kappa shape index (κ2) is 6.19. The second-order valence-corrected chi connectivity index (χ2v) is 8.05. The summed E-state index contributed by atoms with van der Waals surface area (Å²) < 4.78 is 0. The van der Waals surface area contributed by atoms with Crippen LogP contribution in [0.1, 0.15) is 52.4 Å². The zero-order chi connectivity index (χ0) is 15.7. The first kappa shape index (κ1) is 15.8. The Morgan fingerprint density at radius 1 is 0.955 bits per heavy atom. The van der Waals surface area contributed by atoms with E-state index in [4.69, 9.17) is 0 Å². The average molecular weight is 307 g/mol. The minimum atomic E-state index is -0.127. The van der Waals surface area contributed by atoms with Crippen molar-refractivity contribution in [3.8, 4) is 0 Å². The van der Waals surface area contributed by atoms with Crippen LogP contribution in [0.2, 0.25) is 0 Å². The first-order valence-corrected chi connectivity index (χ1v) is 8.75. The van der Waals surface area contributed by atoms with Crippen LogP contribution in [-0.4, -0.2) is 36.5 Å². The van der Waals surface area contributed by atoms with Gasteiger partial charge in [0, 0.05) is 11.6 Å². The lowest BCUT2D eigenvalue weighted by atomic mass is 9.53. The van der Waals surface area contributed by atoms with E-state index in [9.17, 15) is 9.59 Å². The molecule has 0 spiro atoms. The number of hydrogen-bond donors (Lipinski definition) is 3. The van der Waals surface area contributed by atoms with E-state index in [-0.39, 0.29) is 29.9 Å². The van der Waals surface area contributed by atoms with Crippen molar-refractivity contribution in [1.29, 1.82) is 0 Å². The van der Waals surface area contributed by atoms with Crippen LogP contribution in [0.5, 0.6) is 0 Å². The molecule has 4 fully saturated rings. The van der Waals surface area contributed by atoms with Gasteiger partial charge in [-0.15, -0.1) is 0 Å². The van der Waals surface area contributed by atoms with Gasteiger partial charge >= 0.3 is 0 Å². The fourth-order valence-corrected chi connectivity index (χ4v) is 5.21. The zero-order valence-electron chi connectivity index (χ0n) is 13.8. The van der Waals surface area contributed by atoms with Gasteiger partial charge in [0.15, 0.2) is 0 Å². The fraction of sp³-hybridized carbons (Fsp3) is 0.882. The van der Waals surface area contributed by atoms with Gasteiger partial charge in [-0.05, 0) is 70.1 Å². The van der Waals surface area contributed by atoms with E-state index in [1.165, 1.54) is 38.5 Å². The van der Waals surface area contributed by atoms with Gasteiger partial charge in [0.25, 0.3) is 0 Å². The molecule has 4 rings (SSSR count). The van der Waals surface area contributed by atoms with E-state index in [1.54, 1.807) is 0 Å². The van der Waals surface area contributed by atoms with Gasteiger partial charge in [0.05, 0.1) is 13.1 Å². The SMILES string of the molecule is CC(C)NC(=O)CNC(=O)CNC12CC3CC(CC(C3)C1)C2. The molecule has 0 aromatic carbocycles. The molecule has 124 valence electrons. The third-order valence-electron chi connectivity index (χ3n) is 5.56. The summed E-state index contributed by atoms with van der Waals surface area (Å²) in [5, 5.41) is 9.03. The van der Waals surface area contributed by atoms with Crippen LogP contribution in [0, 0.1) is 17.8 Å². The van der Waals surface area contributed by atoms with Crippen molar-refractivity contribution in [2.45, 2.75) is 64.0 Å². The van der Waals surface area contributed by atoms with Crippen molar-refractivity contribution in [1.82, 2.24) is 16.0 Å². The molecular weight excluding hydrogens is 278 g/mol. The fourth-order valence-electron chi connectivity index (χ4n) is 5.21. The van der Waals surface area contributed by atoms with E-state index in [0.717, 1.165) is 17.8 Å². The maximum Gasteiger partial charge on any atom is 0.239 e. The van der Waals surface area contributed by atoms with E-state index in [0.29, 0.717) is 6.54 Å². The average Bonchev–Trinajstić information content (AvgIpc) is 2.41. The summed E-state index contributed by atoms with van der Waals surface area (Å²) >= 11 is 0. The van der Waals surface area contributed by atoms with Crippen molar-refractivity contribution in [2.75, 3.05) is 13.1 Å². The molecule has 5 heteroatoms. The van der Waals surface area contributed by atoms with Gasteiger partial charge in [0.1, 0.15) is 0 Å². The minimum Gasteiger partial charge on any atom is -0.352 e. The Labute approximate surface area is 133 Å². The maximum absolute atomic E-state index is 12.0. The van der Waals surface area contributed by atoms with E-state index in [1.807, 2.05) is 13.8 Å². The van der Waals surface area contributed by atoms with Gasteiger partial charge in [-0.2, -0.15) is 0 Å². The number of amides is 2. The Morgan fingerprint density at radius 2 is 1.50 bits per heavy atom. The van der Waals surface area contributed by atoms with Gasteiger partial charge < -0.3 is 16.0 Å². The molecular formula is C17H29N3O2. The predicted molar refractivity (Wildman–Crippen MR) is 85.2 cm³/mol. The smallest absolute Gasteiger partial charge is 0.239 e. The Morgan fingerprint density at radius 3 is 2.00 bits per heavy atom. The summed E-state index contributed by atoms with van der Waals surface area (Å²) in [6, 6.07) is 0.106. The highest BCUT2D eigenvalue weighted by atomic mass is 16.2. The highest BCUT2D eigenvalue weighted by molar-refractivity contribution is 5.85. The third-order valence-corrected chi connectivity index (χ3v) is 5.56. The lowest BCUT2D eigenvalue weighted by Crippen LogP contribution is -2.60. The van der Waals surface area contributed by atoms with Crippen LogP contribution >= 0.6 is 0 Å². The molecule has 5 nitrogen and oxygen atoms in total. The number of hydrogen-bond acceptors (Lipinski definition) is 3. The van der Waals surface area contributed by atoms with Crippen LogP contribution in [0.15, 0.2) is 0 Å². The van der Waals surface area contributed by atoms with E-state index >= 15 is 0 Å². The lowest BCUT2D eigenvalue weighted by molar-refractivity contribution is -0.126. The highest BCUT2D eigenvalue weighted by Gasteiger charge is 2.50. The quantitative estimate of drug-likeness (QED) is 0.690. The number of rotatable bonds is 6. The van der Waals surface area contributed by atoms with Crippen LogP contribution in [-0.2, 0) is 9.59 Å². The second-order valence-electron chi connectivity index (χ2n) is 8.05. The molecule has 0 atom stereocenters. The zero-order valence-corrected chi connectivity index (χ0v) is 13.8. The maximum atomic E-state index is 12.0. The molecule has 4 bridgehead atoms. The lowest BCUT2D eigenvalue weighted by Gasteiger charge is -2.57.